The van der Waals surface area contributed by atoms with Crippen LogP contribution in [0.25, 0.3) is 0 Å². The Morgan fingerprint density at radius 1 is 1.33 bits per heavy atom. The highest BCUT2D eigenvalue weighted by Gasteiger charge is 2.32. The number of nitrogens with one attached hydrogen (secondary N) is 1. The van der Waals surface area contributed by atoms with Gasteiger partial charge in [-0.15, -0.1) is 0 Å². The summed E-state index contributed by atoms with van der Waals surface area (Å²) in [5.74, 6) is 0.226. The van der Waals surface area contributed by atoms with Crippen LogP contribution < -0.4 is 10.2 Å². The number of hydrogen-bond acceptors (Lipinski definition) is 5. The molecule has 0 radical (unpaired) electrons. The number of anilines is 1. The first kappa shape index (κ1) is 19.3. The molecule has 6 nitrogen and oxygen atoms in total. The number of pyridine rings is 1. The third kappa shape index (κ3) is 4.85. The lowest BCUT2D eigenvalue weighted by atomic mass is 9.98. The number of rotatable bonds is 4. The van der Waals surface area contributed by atoms with Crippen molar-refractivity contribution >= 4 is 23.3 Å². The van der Waals surface area contributed by atoms with Gasteiger partial charge >= 0.3 is 6.18 Å². The van der Waals surface area contributed by atoms with Crippen LogP contribution in [0.3, 0.4) is 0 Å². The maximum atomic E-state index is 12.8. The number of hydrogen-bond donors (Lipinski definition) is 1. The molecule has 0 spiro atoms. The van der Waals surface area contributed by atoms with Gasteiger partial charge in [-0.2, -0.15) is 23.4 Å². The maximum Gasteiger partial charge on any atom is 0.417 e. The zero-order chi connectivity index (χ0) is 19.4. The SMILES string of the molecule is O=C(NCC1CCCN(c2ncc(C(F)(F)F)cc2Cl)C1)c1ccnnc1. The van der Waals surface area contributed by atoms with Crippen LogP contribution in [-0.4, -0.2) is 40.7 Å². The first-order valence-corrected chi connectivity index (χ1v) is 8.75. The first-order valence-electron chi connectivity index (χ1n) is 8.37. The molecule has 10 heteroatoms. The Labute approximate surface area is 158 Å². The Morgan fingerprint density at radius 3 is 2.81 bits per heavy atom. The van der Waals surface area contributed by atoms with Crippen LogP contribution >= 0.6 is 11.6 Å². The molecule has 0 saturated carbocycles. The second-order valence-corrected chi connectivity index (χ2v) is 6.73. The van der Waals surface area contributed by atoms with Gasteiger partial charge in [0, 0.05) is 25.8 Å². The average Bonchev–Trinajstić information content (AvgIpc) is 2.66. The summed E-state index contributed by atoms with van der Waals surface area (Å²) in [5.41, 5.74) is -0.451. The average molecular weight is 400 g/mol. The number of alkyl halides is 3. The van der Waals surface area contributed by atoms with Crippen LogP contribution in [0.4, 0.5) is 19.0 Å². The summed E-state index contributed by atoms with van der Waals surface area (Å²) < 4.78 is 38.3. The molecule has 27 heavy (non-hydrogen) atoms. The molecule has 0 aliphatic carbocycles. The fourth-order valence-electron chi connectivity index (χ4n) is 3.01. The molecule has 0 bridgehead atoms. The third-order valence-electron chi connectivity index (χ3n) is 4.37. The number of piperidine rings is 1. The van der Waals surface area contributed by atoms with Crippen molar-refractivity contribution in [3.05, 3.63) is 46.9 Å². The summed E-state index contributed by atoms with van der Waals surface area (Å²) in [7, 11) is 0. The smallest absolute Gasteiger partial charge is 0.355 e. The van der Waals surface area contributed by atoms with Crippen molar-refractivity contribution in [3.8, 4) is 0 Å². The van der Waals surface area contributed by atoms with Gasteiger partial charge in [0.15, 0.2) is 0 Å². The molecule has 2 aromatic rings. The van der Waals surface area contributed by atoms with Gasteiger partial charge in [-0.1, -0.05) is 11.6 Å². The molecule has 2 aromatic heterocycles. The van der Waals surface area contributed by atoms with Crippen molar-refractivity contribution in [1.82, 2.24) is 20.5 Å². The van der Waals surface area contributed by atoms with Crippen LogP contribution in [0.2, 0.25) is 5.02 Å². The molecule has 1 fully saturated rings. The first-order chi connectivity index (χ1) is 12.8. The molecule has 1 unspecified atom stereocenters. The molecule has 0 aromatic carbocycles. The molecular weight excluding hydrogens is 383 g/mol. The molecule has 1 atom stereocenters. The van der Waals surface area contributed by atoms with Gasteiger partial charge in [0.25, 0.3) is 5.91 Å². The van der Waals surface area contributed by atoms with Gasteiger partial charge in [-0.05, 0) is 30.9 Å². The van der Waals surface area contributed by atoms with Crippen molar-refractivity contribution in [2.75, 3.05) is 24.5 Å². The normalized spacial score (nSPS) is 17.6. The Bertz CT molecular complexity index is 803. The Morgan fingerprint density at radius 2 is 2.15 bits per heavy atom. The summed E-state index contributed by atoms with van der Waals surface area (Å²) in [4.78, 5) is 17.9. The van der Waals surface area contributed by atoms with E-state index in [0.717, 1.165) is 25.1 Å². The van der Waals surface area contributed by atoms with E-state index in [2.05, 4.69) is 20.5 Å². The highest BCUT2D eigenvalue weighted by molar-refractivity contribution is 6.33. The highest BCUT2D eigenvalue weighted by atomic mass is 35.5. The third-order valence-corrected chi connectivity index (χ3v) is 4.64. The van der Waals surface area contributed by atoms with Crippen molar-refractivity contribution in [2.45, 2.75) is 19.0 Å². The summed E-state index contributed by atoms with van der Waals surface area (Å²) in [6, 6.07) is 2.47. The number of halogens is 4. The Kier molecular flexibility index (Phi) is 5.79. The standard InChI is InChI=1S/C17H17ClF3N5O/c18-14-6-13(17(19,20)21)9-22-15(14)26-5-1-2-11(10-26)7-23-16(27)12-3-4-24-25-8-12/h3-4,6,8-9,11H,1-2,5,7,10H2,(H,23,27). The van der Waals surface area contributed by atoms with Crippen molar-refractivity contribution in [1.29, 1.82) is 0 Å². The summed E-state index contributed by atoms with van der Waals surface area (Å²) in [6.45, 7) is 1.64. The zero-order valence-electron chi connectivity index (χ0n) is 14.2. The van der Waals surface area contributed by atoms with Crippen LogP contribution in [-0.2, 0) is 6.18 Å². The zero-order valence-corrected chi connectivity index (χ0v) is 15.0. The van der Waals surface area contributed by atoms with E-state index in [4.69, 9.17) is 11.6 Å². The topological polar surface area (TPSA) is 71.0 Å². The van der Waals surface area contributed by atoms with E-state index in [9.17, 15) is 18.0 Å². The minimum atomic E-state index is -4.48. The van der Waals surface area contributed by atoms with E-state index in [1.807, 2.05) is 4.90 Å². The summed E-state index contributed by atoms with van der Waals surface area (Å²) in [6.07, 6.45) is 0.860. The number of carbonyl (C=O) groups is 1. The van der Waals surface area contributed by atoms with E-state index in [1.54, 1.807) is 6.07 Å². The maximum absolute atomic E-state index is 12.8. The van der Waals surface area contributed by atoms with Gasteiger partial charge in [-0.3, -0.25) is 4.79 Å². The van der Waals surface area contributed by atoms with E-state index in [-0.39, 0.29) is 16.8 Å². The molecule has 1 aliphatic heterocycles. The number of amides is 1. The van der Waals surface area contributed by atoms with Crippen LogP contribution in [0.1, 0.15) is 28.8 Å². The predicted molar refractivity (Wildman–Crippen MR) is 93.6 cm³/mol. The van der Waals surface area contributed by atoms with Gasteiger partial charge in [0.2, 0.25) is 0 Å². The van der Waals surface area contributed by atoms with Crippen LogP contribution in [0, 0.1) is 5.92 Å². The quantitative estimate of drug-likeness (QED) is 0.855. The lowest BCUT2D eigenvalue weighted by molar-refractivity contribution is -0.137. The summed E-state index contributed by atoms with van der Waals surface area (Å²) in [5, 5.41) is 10.1. The second kappa shape index (κ2) is 8.08. The molecule has 1 amide bonds. The van der Waals surface area contributed by atoms with Gasteiger partial charge in [0.1, 0.15) is 5.82 Å². The number of aromatic nitrogens is 3. The molecule has 1 N–H and O–H groups in total. The molecular formula is C17H17ClF3N5O. The van der Waals surface area contributed by atoms with Crippen molar-refractivity contribution < 1.29 is 18.0 Å². The minimum absolute atomic E-state index is 0.0302. The van der Waals surface area contributed by atoms with E-state index in [1.165, 1.54) is 12.4 Å². The van der Waals surface area contributed by atoms with Crippen molar-refractivity contribution in [3.63, 3.8) is 0 Å². The molecule has 1 saturated heterocycles. The monoisotopic (exact) mass is 399 g/mol. The lowest BCUT2D eigenvalue weighted by Crippen LogP contribution is -2.41. The summed E-state index contributed by atoms with van der Waals surface area (Å²) >= 11 is 6.04. The largest absolute Gasteiger partial charge is 0.417 e. The van der Waals surface area contributed by atoms with Crippen molar-refractivity contribution in [2.24, 2.45) is 5.92 Å². The molecule has 1 aliphatic rings. The number of carbonyl (C=O) groups excluding carboxylic acids is 1. The lowest BCUT2D eigenvalue weighted by Gasteiger charge is -2.34. The van der Waals surface area contributed by atoms with E-state index >= 15 is 0 Å². The molecule has 3 heterocycles. The Balaban J connectivity index is 1.62. The van der Waals surface area contributed by atoms with Crippen LogP contribution in [0.15, 0.2) is 30.7 Å². The highest BCUT2D eigenvalue weighted by Crippen LogP contribution is 2.34. The second-order valence-electron chi connectivity index (χ2n) is 6.32. The number of nitrogens with zero attached hydrogens (tertiary/aromatic N) is 4. The van der Waals surface area contributed by atoms with E-state index < -0.39 is 11.7 Å². The van der Waals surface area contributed by atoms with Gasteiger partial charge in [0.05, 0.1) is 28.5 Å². The minimum Gasteiger partial charge on any atom is -0.355 e. The molecule has 3 rings (SSSR count). The van der Waals surface area contributed by atoms with Gasteiger partial charge in [-0.25, -0.2) is 4.98 Å². The van der Waals surface area contributed by atoms with Crippen LogP contribution in [0.5, 0.6) is 0 Å². The van der Waals surface area contributed by atoms with E-state index in [0.29, 0.717) is 31.0 Å². The Hall–Kier alpha value is -2.42. The fraction of sp³-hybridized carbons (Fsp3) is 0.412. The fourth-order valence-corrected chi connectivity index (χ4v) is 3.29. The predicted octanol–water partition coefficient (Wildman–Crippen LogP) is 3.19. The molecule has 144 valence electrons. The van der Waals surface area contributed by atoms with Gasteiger partial charge < -0.3 is 10.2 Å².